The van der Waals surface area contributed by atoms with E-state index >= 15 is 0 Å². The molecule has 0 radical (unpaired) electrons. The largest absolute Gasteiger partial charge is 0.378 e. The molecule has 1 nitrogen and oxygen atoms in total. The highest BCUT2D eigenvalue weighted by molar-refractivity contribution is 6.51. The first-order chi connectivity index (χ1) is 26.7. The molecule has 1 unspecified atom stereocenters. The summed E-state index contributed by atoms with van der Waals surface area (Å²) in [5.41, 5.74) is 13.5. The lowest BCUT2D eigenvalue weighted by atomic mass is 9.81. The number of halogens is 3. The number of allylic oxidation sites excluding steroid dienone is 1. The van der Waals surface area contributed by atoms with Crippen LogP contribution in [0.4, 0.5) is 5.69 Å². The Morgan fingerprint density at radius 1 is 0.661 bits per heavy atom. The first-order valence-corrected chi connectivity index (χ1v) is 21.3. The minimum absolute atomic E-state index is 0.00778. The van der Waals surface area contributed by atoms with E-state index in [4.69, 9.17) is 34.8 Å². The molecule has 7 aromatic rings. The van der Waals surface area contributed by atoms with Crippen molar-refractivity contribution in [1.82, 2.24) is 0 Å². The Morgan fingerprint density at radius 2 is 1.23 bits per heavy atom. The average molecular weight is 801 g/mol. The molecule has 0 saturated carbocycles. The number of benzene rings is 7. The number of anilines is 1. The molecule has 0 fully saturated rings. The fourth-order valence-corrected chi connectivity index (χ4v) is 9.90. The van der Waals surface area contributed by atoms with Crippen LogP contribution in [0.1, 0.15) is 130 Å². The maximum Gasteiger partial charge on any atom is 0.0497 e. The van der Waals surface area contributed by atoms with Crippen molar-refractivity contribution in [2.24, 2.45) is 0 Å². The molecule has 0 aliphatic rings. The van der Waals surface area contributed by atoms with Gasteiger partial charge in [0.05, 0.1) is 0 Å². The van der Waals surface area contributed by atoms with Gasteiger partial charge in [0.2, 0.25) is 0 Å². The number of rotatable bonds is 10. The maximum atomic E-state index is 7.26. The normalized spacial score (nSPS) is 12.3. The summed E-state index contributed by atoms with van der Waals surface area (Å²) < 4.78 is 0. The highest BCUT2D eigenvalue weighted by atomic mass is 35.5. The molecule has 0 heterocycles. The van der Waals surface area contributed by atoms with E-state index in [1.807, 2.05) is 19.1 Å². The molecule has 0 bridgehead atoms. The summed E-state index contributed by atoms with van der Waals surface area (Å²) in [6.07, 6.45) is 4.96. The topological polar surface area (TPSA) is 12.0 Å². The second-order valence-corrected chi connectivity index (χ2v) is 17.4. The predicted molar refractivity (Wildman–Crippen MR) is 253 cm³/mol. The van der Waals surface area contributed by atoms with Crippen molar-refractivity contribution in [2.75, 3.05) is 5.32 Å². The van der Waals surface area contributed by atoms with E-state index in [0.717, 1.165) is 95.3 Å². The van der Waals surface area contributed by atoms with E-state index in [9.17, 15) is 0 Å². The monoisotopic (exact) mass is 799 g/mol. The lowest BCUT2D eigenvalue weighted by Gasteiger charge is -2.27. The fraction of sp³-hybridized carbons (Fsp3) is 0.308. The Morgan fingerprint density at radius 3 is 1.79 bits per heavy atom. The zero-order chi connectivity index (χ0) is 40.7. The highest BCUT2D eigenvalue weighted by Gasteiger charge is 2.27. The van der Waals surface area contributed by atoms with Crippen molar-refractivity contribution in [1.29, 1.82) is 0 Å². The molecular weight excluding hydrogens is 745 g/mol. The molecule has 1 atom stereocenters. The zero-order valence-electron chi connectivity index (χ0n) is 34.8. The minimum atomic E-state index is 0.00778. The Hall–Kier alpha value is -4.01. The van der Waals surface area contributed by atoms with Crippen LogP contribution in [-0.4, -0.2) is 0 Å². The van der Waals surface area contributed by atoms with Crippen LogP contribution in [0.25, 0.3) is 54.7 Å². The zero-order valence-corrected chi connectivity index (χ0v) is 37.1. The third-order valence-corrected chi connectivity index (χ3v) is 12.4. The molecule has 0 amide bonds. The van der Waals surface area contributed by atoms with Crippen molar-refractivity contribution in [3.05, 3.63) is 145 Å². The molecule has 56 heavy (non-hydrogen) atoms. The van der Waals surface area contributed by atoms with Crippen molar-refractivity contribution in [3.63, 3.8) is 0 Å². The van der Waals surface area contributed by atoms with Crippen LogP contribution < -0.4 is 5.32 Å². The SMILES string of the molecule is C=Cc1cc(Cl)c2c3c(Cl)cc(C(=C)C)c4c(C(C)Nc5ccccc5C)cc(C)c(c5c(Cl)cc(CCC)c1c52)c43.CCc1c(C(C)C)cccc1C(C)C. The molecule has 7 aromatic carbocycles. The van der Waals surface area contributed by atoms with Gasteiger partial charge in [0.1, 0.15) is 0 Å². The third-order valence-electron chi connectivity index (χ3n) is 11.5. The Labute approximate surface area is 350 Å². The lowest BCUT2D eigenvalue weighted by molar-refractivity contribution is 0.800. The fourth-order valence-electron chi connectivity index (χ4n) is 8.98. The second-order valence-electron chi connectivity index (χ2n) is 16.1. The van der Waals surface area contributed by atoms with E-state index in [1.165, 1.54) is 27.8 Å². The molecule has 1 N–H and O–H groups in total. The van der Waals surface area contributed by atoms with Gasteiger partial charge in [-0.15, -0.1) is 0 Å². The van der Waals surface area contributed by atoms with E-state index in [1.54, 1.807) is 5.56 Å². The highest BCUT2D eigenvalue weighted by Crippen LogP contribution is 2.53. The van der Waals surface area contributed by atoms with Crippen LogP contribution in [0.15, 0.2) is 79.9 Å². The summed E-state index contributed by atoms with van der Waals surface area (Å²) in [6, 6.07) is 23.7. The van der Waals surface area contributed by atoms with Crippen LogP contribution >= 0.6 is 34.8 Å². The van der Waals surface area contributed by atoms with Gasteiger partial charge in [0.25, 0.3) is 0 Å². The standard InChI is InChI=1S/C38H34Cl3N.C14H22/c1-8-12-24-17-28(40)34-31-21(6)15-26(22(7)42-30-14-11-10-13-20(30)5)33-25(19(3)4)18-29(41)36(37(31)33)35-27(39)16-23(9-2)32(24)38(34)35;1-6-12-13(10(2)3)8-7-9-14(12)11(4)5/h9-11,13-18,22,42H,2-3,8,12H2,1,4-7H3;7-11H,6H2,1-5H3. The van der Waals surface area contributed by atoms with Gasteiger partial charge < -0.3 is 5.32 Å². The molecule has 7 rings (SSSR count). The molecule has 0 spiro atoms. The van der Waals surface area contributed by atoms with Gasteiger partial charge >= 0.3 is 0 Å². The smallest absolute Gasteiger partial charge is 0.0497 e. The van der Waals surface area contributed by atoms with E-state index < -0.39 is 0 Å². The van der Waals surface area contributed by atoms with Gasteiger partial charge in [-0.1, -0.05) is 150 Å². The maximum absolute atomic E-state index is 7.26. The van der Waals surface area contributed by atoms with Crippen molar-refractivity contribution in [3.8, 4) is 0 Å². The van der Waals surface area contributed by atoms with Crippen LogP contribution in [-0.2, 0) is 12.8 Å². The molecule has 0 aromatic heterocycles. The summed E-state index contributed by atoms with van der Waals surface area (Å²) in [6.45, 7) is 30.6. The van der Waals surface area contributed by atoms with Crippen LogP contribution in [0, 0.1) is 13.8 Å². The molecule has 0 saturated heterocycles. The Kier molecular flexibility index (Phi) is 12.5. The van der Waals surface area contributed by atoms with E-state index in [-0.39, 0.29) is 6.04 Å². The van der Waals surface area contributed by atoms with Crippen molar-refractivity contribution < 1.29 is 0 Å². The molecule has 0 aliphatic carbocycles. The lowest BCUT2D eigenvalue weighted by Crippen LogP contribution is -2.10. The summed E-state index contributed by atoms with van der Waals surface area (Å²) in [5.74, 6) is 1.28. The van der Waals surface area contributed by atoms with Crippen LogP contribution in [0.2, 0.25) is 15.1 Å². The Balaban J connectivity index is 0.000000322. The average Bonchev–Trinajstić information content (AvgIpc) is 3.16. The molecular formula is C52H56Cl3N. The number of hydrogen-bond donors (Lipinski definition) is 1. The van der Waals surface area contributed by atoms with Gasteiger partial charge in [0.15, 0.2) is 0 Å². The van der Waals surface area contributed by atoms with Crippen LogP contribution in [0.3, 0.4) is 0 Å². The number of aryl methyl sites for hydroxylation is 3. The van der Waals surface area contributed by atoms with Gasteiger partial charge in [-0.05, 0) is 143 Å². The molecule has 0 aliphatic heterocycles. The first kappa shape index (κ1) is 41.6. The number of fused-ring (bicyclic) bond motifs is 2. The van der Waals surface area contributed by atoms with Gasteiger partial charge in [-0.25, -0.2) is 0 Å². The van der Waals surface area contributed by atoms with E-state index in [2.05, 4.69) is 141 Å². The summed E-state index contributed by atoms with van der Waals surface area (Å²) in [5, 5.41) is 14.3. The van der Waals surface area contributed by atoms with Gasteiger partial charge in [-0.3, -0.25) is 0 Å². The van der Waals surface area contributed by atoms with Crippen LogP contribution in [0.5, 0.6) is 0 Å². The van der Waals surface area contributed by atoms with Gasteiger partial charge in [0, 0.05) is 53.7 Å². The number of hydrogen-bond acceptors (Lipinski definition) is 1. The summed E-state index contributed by atoms with van der Waals surface area (Å²) in [7, 11) is 0. The third kappa shape index (κ3) is 7.32. The quantitative estimate of drug-likeness (QED) is 0.107. The summed E-state index contributed by atoms with van der Waals surface area (Å²) >= 11 is 21.7. The number of para-hydroxylation sites is 1. The second kappa shape index (κ2) is 16.8. The Bertz CT molecular complexity index is 2580. The first-order valence-electron chi connectivity index (χ1n) is 20.2. The number of nitrogens with one attached hydrogen (secondary N) is 1. The summed E-state index contributed by atoms with van der Waals surface area (Å²) in [4.78, 5) is 0. The minimum Gasteiger partial charge on any atom is -0.378 e. The van der Waals surface area contributed by atoms with Crippen molar-refractivity contribution >= 4 is 95.2 Å². The molecule has 290 valence electrons. The van der Waals surface area contributed by atoms with E-state index in [0.29, 0.717) is 21.9 Å². The van der Waals surface area contributed by atoms with Crippen molar-refractivity contribution in [2.45, 2.75) is 106 Å². The molecule has 4 heteroatoms. The predicted octanol–water partition coefficient (Wildman–Crippen LogP) is 17.6. The van der Waals surface area contributed by atoms with Gasteiger partial charge in [-0.2, -0.15) is 0 Å².